The molecule has 1 atom stereocenters. The quantitative estimate of drug-likeness (QED) is 0.757. The van der Waals surface area contributed by atoms with Gasteiger partial charge < -0.3 is 5.32 Å². The van der Waals surface area contributed by atoms with E-state index in [0.717, 1.165) is 22.9 Å². The van der Waals surface area contributed by atoms with Crippen molar-refractivity contribution in [2.45, 2.75) is 39.8 Å². The highest BCUT2D eigenvalue weighted by Gasteiger charge is 2.31. The van der Waals surface area contributed by atoms with Crippen molar-refractivity contribution in [1.82, 2.24) is 5.32 Å². The molecule has 7 heteroatoms. The minimum absolute atomic E-state index is 0.303. The van der Waals surface area contributed by atoms with Gasteiger partial charge in [-0.3, -0.25) is 9.10 Å². The van der Waals surface area contributed by atoms with E-state index in [4.69, 9.17) is 11.6 Å². The molecular weight excluding hydrogens is 384 g/mol. The first kappa shape index (κ1) is 21.3. The Balaban J connectivity index is 2.27. The zero-order valence-corrected chi connectivity index (χ0v) is 17.6. The number of nitrogens with one attached hydrogen (secondary N) is 1. The number of sulfonamides is 1. The third-order valence-electron chi connectivity index (χ3n) is 4.45. The first-order chi connectivity index (χ1) is 12.6. The fourth-order valence-electron chi connectivity index (χ4n) is 2.83. The van der Waals surface area contributed by atoms with Crippen LogP contribution in [-0.4, -0.2) is 26.6 Å². The molecule has 0 unspecified atom stereocenters. The van der Waals surface area contributed by atoms with Gasteiger partial charge in [-0.15, -0.1) is 0 Å². The van der Waals surface area contributed by atoms with Gasteiger partial charge in [0.2, 0.25) is 15.9 Å². The number of rotatable bonds is 7. The van der Waals surface area contributed by atoms with Crippen molar-refractivity contribution < 1.29 is 13.2 Å². The minimum Gasteiger partial charge on any atom is -0.350 e. The van der Waals surface area contributed by atoms with Gasteiger partial charge in [-0.1, -0.05) is 36.7 Å². The maximum atomic E-state index is 12.8. The standard InChI is InChI=1S/C20H25ClN2O3S/c1-5-19(20(24)22-13-16-7-9-17(21)10-8-16)23(27(4,25)26)18-11-6-14(2)15(3)12-18/h6-12,19H,5,13H2,1-4H3,(H,22,24)/t19-/m1/s1. The monoisotopic (exact) mass is 408 g/mol. The summed E-state index contributed by atoms with van der Waals surface area (Å²) in [6.45, 7) is 5.98. The van der Waals surface area contributed by atoms with Gasteiger partial charge in [0.25, 0.3) is 0 Å². The minimum atomic E-state index is -3.64. The lowest BCUT2D eigenvalue weighted by atomic mass is 10.1. The summed E-state index contributed by atoms with van der Waals surface area (Å²) in [6.07, 6.45) is 1.48. The molecule has 0 aliphatic heterocycles. The molecule has 2 aromatic carbocycles. The Kier molecular flexibility index (Phi) is 6.89. The molecule has 1 amide bonds. The van der Waals surface area contributed by atoms with Gasteiger partial charge in [0, 0.05) is 11.6 Å². The molecule has 0 aliphatic carbocycles. The first-order valence-electron chi connectivity index (χ1n) is 8.72. The Hall–Kier alpha value is -2.05. The molecular formula is C20H25ClN2O3S. The molecule has 5 nitrogen and oxygen atoms in total. The molecule has 0 spiro atoms. The molecule has 0 fully saturated rings. The molecule has 0 aliphatic rings. The van der Waals surface area contributed by atoms with Crippen molar-refractivity contribution in [2.24, 2.45) is 0 Å². The lowest BCUT2D eigenvalue weighted by Gasteiger charge is -2.30. The number of carbonyl (C=O) groups is 1. The number of carbonyl (C=O) groups excluding carboxylic acids is 1. The third-order valence-corrected chi connectivity index (χ3v) is 5.89. The van der Waals surface area contributed by atoms with E-state index in [1.165, 1.54) is 4.31 Å². The number of benzene rings is 2. The normalized spacial score (nSPS) is 12.5. The second kappa shape index (κ2) is 8.76. The van der Waals surface area contributed by atoms with Gasteiger partial charge in [0.1, 0.15) is 6.04 Å². The third kappa shape index (κ3) is 5.47. The van der Waals surface area contributed by atoms with Crippen molar-refractivity contribution in [2.75, 3.05) is 10.6 Å². The van der Waals surface area contributed by atoms with Crippen LogP contribution in [0, 0.1) is 13.8 Å². The number of hydrogen-bond acceptors (Lipinski definition) is 3. The summed E-state index contributed by atoms with van der Waals surface area (Å²) in [5.74, 6) is -0.337. The molecule has 2 aromatic rings. The molecule has 0 heterocycles. The second-order valence-corrected chi connectivity index (χ2v) is 8.89. The fraction of sp³-hybridized carbons (Fsp3) is 0.350. The molecule has 0 saturated heterocycles. The van der Waals surface area contributed by atoms with Crippen LogP contribution >= 0.6 is 11.6 Å². The van der Waals surface area contributed by atoms with Crippen LogP contribution in [-0.2, 0) is 21.4 Å². The average molecular weight is 409 g/mol. The first-order valence-corrected chi connectivity index (χ1v) is 10.9. The van der Waals surface area contributed by atoms with Gasteiger partial charge in [0.15, 0.2) is 0 Å². The van der Waals surface area contributed by atoms with E-state index in [2.05, 4.69) is 5.32 Å². The van der Waals surface area contributed by atoms with Gasteiger partial charge in [0.05, 0.1) is 11.9 Å². The Bertz CT molecular complexity index is 911. The molecule has 27 heavy (non-hydrogen) atoms. The SMILES string of the molecule is CC[C@H](C(=O)NCc1ccc(Cl)cc1)N(c1ccc(C)c(C)c1)S(C)(=O)=O. The van der Waals surface area contributed by atoms with Crippen LogP contribution in [0.15, 0.2) is 42.5 Å². The highest BCUT2D eigenvalue weighted by molar-refractivity contribution is 7.92. The summed E-state index contributed by atoms with van der Waals surface area (Å²) in [6, 6.07) is 11.7. The number of amides is 1. The van der Waals surface area contributed by atoms with Crippen molar-refractivity contribution in [3.05, 3.63) is 64.2 Å². The predicted octanol–water partition coefficient (Wildman–Crippen LogP) is 3.82. The summed E-state index contributed by atoms with van der Waals surface area (Å²) in [5, 5.41) is 3.45. The Morgan fingerprint density at radius 1 is 1.11 bits per heavy atom. The van der Waals surface area contributed by atoms with Crippen LogP contribution in [0.3, 0.4) is 0 Å². The summed E-state index contributed by atoms with van der Waals surface area (Å²) in [4.78, 5) is 12.8. The summed E-state index contributed by atoms with van der Waals surface area (Å²) in [7, 11) is -3.64. The van der Waals surface area contributed by atoms with Gasteiger partial charge >= 0.3 is 0 Å². The number of anilines is 1. The Morgan fingerprint density at radius 3 is 2.26 bits per heavy atom. The van der Waals surface area contributed by atoms with E-state index < -0.39 is 16.1 Å². The van der Waals surface area contributed by atoms with E-state index in [1.54, 1.807) is 31.2 Å². The summed E-state index contributed by atoms with van der Waals surface area (Å²) < 4.78 is 26.2. The molecule has 0 radical (unpaired) electrons. The van der Waals surface area contributed by atoms with Crippen LogP contribution in [0.25, 0.3) is 0 Å². The van der Waals surface area contributed by atoms with Crippen LogP contribution in [0.2, 0.25) is 5.02 Å². The topological polar surface area (TPSA) is 66.5 Å². The lowest BCUT2D eigenvalue weighted by Crippen LogP contribution is -2.49. The van der Waals surface area contributed by atoms with Crippen LogP contribution in [0.5, 0.6) is 0 Å². The van der Waals surface area contributed by atoms with Crippen molar-refractivity contribution in [1.29, 1.82) is 0 Å². The summed E-state index contributed by atoms with van der Waals surface area (Å²) >= 11 is 5.87. The van der Waals surface area contributed by atoms with E-state index >= 15 is 0 Å². The van der Waals surface area contributed by atoms with Gasteiger partial charge in [-0.25, -0.2) is 8.42 Å². The van der Waals surface area contributed by atoms with Crippen LogP contribution in [0.4, 0.5) is 5.69 Å². The second-order valence-electron chi connectivity index (χ2n) is 6.60. The van der Waals surface area contributed by atoms with E-state index in [1.807, 2.05) is 32.0 Å². The van der Waals surface area contributed by atoms with Gasteiger partial charge in [-0.2, -0.15) is 0 Å². The number of halogens is 1. The van der Waals surface area contributed by atoms with E-state index in [0.29, 0.717) is 23.7 Å². The van der Waals surface area contributed by atoms with Crippen LogP contribution in [0.1, 0.15) is 30.0 Å². The van der Waals surface area contributed by atoms with Crippen molar-refractivity contribution >= 4 is 33.2 Å². The molecule has 2 rings (SSSR count). The lowest BCUT2D eigenvalue weighted by molar-refractivity contribution is -0.122. The largest absolute Gasteiger partial charge is 0.350 e. The summed E-state index contributed by atoms with van der Waals surface area (Å²) in [5.41, 5.74) is 3.42. The zero-order valence-electron chi connectivity index (χ0n) is 16.0. The molecule has 0 saturated carbocycles. The number of aryl methyl sites for hydroxylation is 2. The zero-order chi connectivity index (χ0) is 20.2. The number of nitrogens with zero attached hydrogens (tertiary/aromatic N) is 1. The maximum absolute atomic E-state index is 12.8. The smallest absolute Gasteiger partial charge is 0.244 e. The molecule has 1 N–H and O–H groups in total. The Morgan fingerprint density at radius 2 is 1.74 bits per heavy atom. The highest BCUT2D eigenvalue weighted by Crippen LogP contribution is 2.25. The van der Waals surface area contributed by atoms with Crippen molar-refractivity contribution in [3.63, 3.8) is 0 Å². The molecule has 0 aromatic heterocycles. The van der Waals surface area contributed by atoms with Crippen LogP contribution < -0.4 is 9.62 Å². The Labute approximate surface area is 166 Å². The molecule has 0 bridgehead atoms. The number of hydrogen-bond donors (Lipinski definition) is 1. The molecule has 146 valence electrons. The maximum Gasteiger partial charge on any atom is 0.244 e. The highest BCUT2D eigenvalue weighted by atomic mass is 35.5. The van der Waals surface area contributed by atoms with Gasteiger partial charge in [-0.05, 0) is 61.2 Å². The van der Waals surface area contributed by atoms with Crippen molar-refractivity contribution in [3.8, 4) is 0 Å². The average Bonchev–Trinajstić information content (AvgIpc) is 2.60. The fourth-order valence-corrected chi connectivity index (χ4v) is 4.16. The van der Waals surface area contributed by atoms with E-state index in [9.17, 15) is 13.2 Å². The van der Waals surface area contributed by atoms with E-state index in [-0.39, 0.29) is 5.91 Å². The predicted molar refractivity (Wildman–Crippen MR) is 111 cm³/mol.